The zero-order valence-electron chi connectivity index (χ0n) is 11.7. The molecule has 0 spiro atoms. The maximum atomic E-state index is 11.9. The van der Waals surface area contributed by atoms with E-state index in [1.54, 1.807) is 12.3 Å². The number of aromatic nitrogens is 1. The van der Waals surface area contributed by atoms with Gasteiger partial charge in [0.15, 0.2) is 0 Å². The number of hydrogen-bond donors (Lipinski definition) is 0. The Morgan fingerprint density at radius 3 is 2.71 bits per heavy atom. The lowest BCUT2D eigenvalue weighted by Gasteiger charge is -2.08. The van der Waals surface area contributed by atoms with Crippen LogP contribution in [0.3, 0.4) is 0 Å². The van der Waals surface area contributed by atoms with Crippen molar-refractivity contribution in [3.8, 4) is 0 Å². The SMILES string of the molecule is Cc1cc(Br)c(=O)n(CC(=O)OCCc2ccccc2)c1. The second-order valence-electron chi connectivity index (χ2n) is 4.75. The highest BCUT2D eigenvalue weighted by atomic mass is 79.9. The van der Waals surface area contributed by atoms with E-state index in [2.05, 4.69) is 15.9 Å². The fourth-order valence-electron chi connectivity index (χ4n) is 1.97. The van der Waals surface area contributed by atoms with Crippen LogP contribution >= 0.6 is 15.9 Å². The first-order valence-corrected chi connectivity index (χ1v) is 7.41. The van der Waals surface area contributed by atoms with Crippen LogP contribution < -0.4 is 5.56 Å². The quantitative estimate of drug-likeness (QED) is 0.779. The summed E-state index contributed by atoms with van der Waals surface area (Å²) in [5.41, 5.74) is 1.78. The molecule has 0 saturated heterocycles. The highest BCUT2D eigenvalue weighted by Crippen LogP contribution is 2.06. The number of pyridine rings is 1. The van der Waals surface area contributed by atoms with Gasteiger partial charge in [0.2, 0.25) is 0 Å². The standard InChI is InChI=1S/C16H16BrNO3/c1-12-9-14(17)16(20)18(10-12)11-15(19)21-8-7-13-5-3-2-4-6-13/h2-6,9-10H,7-8,11H2,1H3. The molecule has 0 amide bonds. The van der Waals surface area contributed by atoms with Crippen LogP contribution in [-0.4, -0.2) is 17.1 Å². The summed E-state index contributed by atoms with van der Waals surface area (Å²) in [7, 11) is 0. The zero-order valence-corrected chi connectivity index (χ0v) is 13.3. The Labute approximate surface area is 131 Å². The summed E-state index contributed by atoms with van der Waals surface area (Å²) in [5.74, 6) is -0.412. The molecule has 0 atom stereocenters. The minimum atomic E-state index is -0.412. The third kappa shape index (κ3) is 4.56. The van der Waals surface area contributed by atoms with Gasteiger partial charge in [0.1, 0.15) is 6.54 Å². The Morgan fingerprint density at radius 1 is 1.29 bits per heavy atom. The summed E-state index contributed by atoms with van der Waals surface area (Å²) in [4.78, 5) is 23.6. The number of ether oxygens (including phenoxy) is 1. The summed E-state index contributed by atoms with van der Waals surface area (Å²) < 4.78 is 6.97. The van der Waals surface area contributed by atoms with E-state index in [1.165, 1.54) is 4.57 Å². The molecule has 1 aromatic carbocycles. The molecule has 5 heteroatoms. The van der Waals surface area contributed by atoms with E-state index in [9.17, 15) is 9.59 Å². The van der Waals surface area contributed by atoms with Crippen molar-refractivity contribution in [2.75, 3.05) is 6.61 Å². The Hall–Kier alpha value is -1.88. The van der Waals surface area contributed by atoms with Gasteiger partial charge in [-0.1, -0.05) is 30.3 Å². The van der Waals surface area contributed by atoms with Crippen molar-refractivity contribution in [3.05, 3.63) is 68.5 Å². The Morgan fingerprint density at radius 2 is 2.00 bits per heavy atom. The molecular formula is C16H16BrNO3. The van der Waals surface area contributed by atoms with Gasteiger partial charge in [0.25, 0.3) is 5.56 Å². The van der Waals surface area contributed by atoms with Crippen molar-refractivity contribution < 1.29 is 9.53 Å². The lowest BCUT2D eigenvalue weighted by atomic mass is 10.2. The number of carbonyl (C=O) groups is 1. The molecule has 0 saturated carbocycles. The molecule has 21 heavy (non-hydrogen) atoms. The lowest BCUT2D eigenvalue weighted by Crippen LogP contribution is -2.26. The summed E-state index contributed by atoms with van der Waals surface area (Å²) in [6.45, 7) is 2.10. The summed E-state index contributed by atoms with van der Waals surface area (Å²) >= 11 is 3.18. The largest absolute Gasteiger partial charge is 0.464 e. The molecule has 0 fully saturated rings. The second kappa shape index (κ2) is 7.22. The van der Waals surface area contributed by atoms with Crippen LogP contribution in [0, 0.1) is 6.92 Å². The molecular weight excluding hydrogens is 334 g/mol. The van der Waals surface area contributed by atoms with Crippen molar-refractivity contribution in [2.24, 2.45) is 0 Å². The molecule has 2 aromatic rings. The van der Waals surface area contributed by atoms with Gasteiger partial charge in [-0.25, -0.2) is 0 Å². The third-order valence-electron chi connectivity index (χ3n) is 2.98. The van der Waals surface area contributed by atoms with E-state index >= 15 is 0 Å². The lowest BCUT2D eigenvalue weighted by molar-refractivity contribution is -0.144. The maximum Gasteiger partial charge on any atom is 0.326 e. The van der Waals surface area contributed by atoms with E-state index in [0.717, 1.165) is 11.1 Å². The first-order valence-electron chi connectivity index (χ1n) is 6.62. The highest BCUT2D eigenvalue weighted by molar-refractivity contribution is 9.10. The van der Waals surface area contributed by atoms with Gasteiger partial charge in [-0.05, 0) is 40.0 Å². The van der Waals surface area contributed by atoms with Crippen LogP contribution in [-0.2, 0) is 22.5 Å². The van der Waals surface area contributed by atoms with Gasteiger partial charge in [0, 0.05) is 12.6 Å². The van der Waals surface area contributed by atoms with Gasteiger partial charge in [-0.3, -0.25) is 9.59 Å². The molecule has 0 aliphatic heterocycles. The van der Waals surface area contributed by atoms with Crippen molar-refractivity contribution >= 4 is 21.9 Å². The highest BCUT2D eigenvalue weighted by Gasteiger charge is 2.08. The molecule has 0 aliphatic carbocycles. The third-order valence-corrected chi connectivity index (χ3v) is 3.54. The Bertz CT molecular complexity index is 680. The van der Waals surface area contributed by atoms with E-state index in [0.29, 0.717) is 17.5 Å². The predicted molar refractivity (Wildman–Crippen MR) is 84.2 cm³/mol. The number of halogens is 1. The fourth-order valence-corrected chi connectivity index (χ4v) is 2.56. The number of nitrogens with zero attached hydrogens (tertiary/aromatic N) is 1. The smallest absolute Gasteiger partial charge is 0.326 e. The van der Waals surface area contributed by atoms with E-state index in [4.69, 9.17) is 4.74 Å². The number of benzene rings is 1. The van der Waals surface area contributed by atoms with Crippen LogP contribution in [0.1, 0.15) is 11.1 Å². The monoisotopic (exact) mass is 349 g/mol. The number of esters is 1. The number of hydrogen-bond acceptors (Lipinski definition) is 3. The molecule has 1 aromatic heterocycles. The van der Waals surface area contributed by atoms with Crippen LogP contribution in [0.25, 0.3) is 0 Å². The van der Waals surface area contributed by atoms with E-state index in [-0.39, 0.29) is 12.1 Å². The van der Waals surface area contributed by atoms with Crippen molar-refractivity contribution in [3.63, 3.8) is 0 Å². The number of aryl methyl sites for hydroxylation is 1. The predicted octanol–water partition coefficient (Wildman–Crippen LogP) is 2.71. The maximum absolute atomic E-state index is 11.9. The average molecular weight is 350 g/mol. The normalized spacial score (nSPS) is 10.4. The molecule has 110 valence electrons. The first kappa shape index (κ1) is 15.5. The molecule has 0 radical (unpaired) electrons. The molecule has 0 bridgehead atoms. The fraction of sp³-hybridized carbons (Fsp3) is 0.250. The number of carbonyl (C=O) groups excluding carboxylic acids is 1. The topological polar surface area (TPSA) is 48.3 Å². The Balaban J connectivity index is 1.89. The van der Waals surface area contributed by atoms with Gasteiger partial charge < -0.3 is 9.30 Å². The minimum absolute atomic E-state index is 0.0755. The summed E-state index contributed by atoms with van der Waals surface area (Å²) in [6, 6.07) is 11.5. The van der Waals surface area contributed by atoms with Gasteiger partial charge in [0.05, 0.1) is 11.1 Å². The van der Waals surface area contributed by atoms with Gasteiger partial charge in [-0.2, -0.15) is 0 Å². The summed E-state index contributed by atoms with van der Waals surface area (Å²) in [6.07, 6.45) is 2.31. The van der Waals surface area contributed by atoms with Crippen LogP contribution in [0.2, 0.25) is 0 Å². The van der Waals surface area contributed by atoms with Crippen molar-refractivity contribution in [1.82, 2.24) is 4.57 Å². The van der Waals surface area contributed by atoms with Crippen LogP contribution in [0.4, 0.5) is 0 Å². The van der Waals surface area contributed by atoms with Crippen LogP contribution in [0.15, 0.2) is 51.9 Å². The average Bonchev–Trinajstić information content (AvgIpc) is 2.45. The van der Waals surface area contributed by atoms with Crippen LogP contribution in [0.5, 0.6) is 0 Å². The minimum Gasteiger partial charge on any atom is -0.464 e. The second-order valence-corrected chi connectivity index (χ2v) is 5.61. The summed E-state index contributed by atoms with van der Waals surface area (Å²) in [5, 5.41) is 0. The van der Waals surface area contributed by atoms with Gasteiger partial charge >= 0.3 is 5.97 Å². The Kier molecular flexibility index (Phi) is 5.33. The molecule has 0 aliphatic rings. The van der Waals surface area contributed by atoms with Gasteiger partial charge in [-0.15, -0.1) is 0 Å². The number of rotatable bonds is 5. The molecule has 0 unspecified atom stereocenters. The first-order chi connectivity index (χ1) is 10.1. The molecule has 2 rings (SSSR count). The molecule has 0 N–H and O–H groups in total. The van der Waals surface area contributed by atoms with E-state index < -0.39 is 5.97 Å². The zero-order chi connectivity index (χ0) is 15.2. The van der Waals surface area contributed by atoms with Crippen molar-refractivity contribution in [2.45, 2.75) is 19.9 Å². The van der Waals surface area contributed by atoms with Crippen molar-refractivity contribution in [1.29, 1.82) is 0 Å². The molecule has 1 heterocycles. The van der Waals surface area contributed by atoms with E-state index in [1.807, 2.05) is 37.3 Å². The molecule has 4 nitrogen and oxygen atoms in total.